The van der Waals surface area contributed by atoms with Crippen LogP contribution in [0.2, 0.25) is 5.02 Å². The van der Waals surface area contributed by atoms with Crippen LogP contribution in [0, 0.1) is 12.7 Å². The summed E-state index contributed by atoms with van der Waals surface area (Å²) in [5.41, 5.74) is 0.906. The highest BCUT2D eigenvalue weighted by molar-refractivity contribution is 6.31. The summed E-state index contributed by atoms with van der Waals surface area (Å²) in [6.45, 7) is 3.31. The minimum atomic E-state index is -1.36. The standard InChI is InChI=1S/C20H22ClF2N3O.C4H4O4/c1-14-2-4-16(25-11-14)12-24-13-20(23)6-8-26(9-7-20)19(27)15-3-5-18(22)17(21)10-15;5-3(6)1-2-4(7)8/h2-5,10-11,24H,6-9,12-13H2,1H3;1-2H,(H,5,6)(H,7,8)/b;2-1+. The predicted molar refractivity (Wildman–Crippen MR) is 125 cm³/mol. The van der Waals surface area contributed by atoms with E-state index in [9.17, 15) is 18.8 Å². The van der Waals surface area contributed by atoms with Crippen LogP contribution in [0.3, 0.4) is 0 Å². The Bertz CT molecular complexity index is 1060. The summed E-state index contributed by atoms with van der Waals surface area (Å²) in [5, 5.41) is 18.7. The van der Waals surface area contributed by atoms with Gasteiger partial charge in [-0.25, -0.2) is 18.4 Å². The molecule has 2 heterocycles. The molecule has 188 valence electrons. The number of carboxylic acids is 2. The molecule has 1 aromatic heterocycles. The fourth-order valence-corrected chi connectivity index (χ4v) is 3.44. The van der Waals surface area contributed by atoms with Crippen LogP contribution in [0.4, 0.5) is 8.78 Å². The third-order valence-corrected chi connectivity index (χ3v) is 5.49. The van der Waals surface area contributed by atoms with Gasteiger partial charge in [-0.3, -0.25) is 9.78 Å². The number of benzene rings is 1. The lowest BCUT2D eigenvalue weighted by molar-refractivity contribution is -0.134. The smallest absolute Gasteiger partial charge is 0.328 e. The fraction of sp³-hybridized carbons (Fsp3) is 0.333. The summed E-state index contributed by atoms with van der Waals surface area (Å²) in [4.78, 5) is 37.5. The van der Waals surface area contributed by atoms with E-state index in [0.29, 0.717) is 37.3 Å². The number of carbonyl (C=O) groups is 3. The number of carboxylic acid groups (broad SMARTS) is 2. The molecular weight excluding hydrogens is 484 g/mol. The van der Waals surface area contributed by atoms with Crippen molar-refractivity contribution >= 4 is 29.4 Å². The van der Waals surface area contributed by atoms with Gasteiger partial charge >= 0.3 is 11.9 Å². The zero-order chi connectivity index (χ0) is 26.0. The highest BCUT2D eigenvalue weighted by Gasteiger charge is 2.35. The van der Waals surface area contributed by atoms with Crippen molar-refractivity contribution in [3.05, 3.63) is 76.3 Å². The molecule has 1 fully saturated rings. The number of carbonyl (C=O) groups excluding carboxylic acids is 1. The van der Waals surface area contributed by atoms with E-state index in [1.807, 2.05) is 19.1 Å². The number of aryl methyl sites for hydroxylation is 1. The van der Waals surface area contributed by atoms with E-state index >= 15 is 4.39 Å². The Labute approximate surface area is 206 Å². The van der Waals surface area contributed by atoms with Crippen molar-refractivity contribution in [1.29, 1.82) is 0 Å². The minimum absolute atomic E-state index is 0.0911. The second-order valence-electron chi connectivity index (χ2n) is 8.01. The molecule has 3 rings (SSSR count). The second-order valence-corrected chi connectivity index (χ2v) is 8.42. The Hall–Kier alpha value is -3.37. The van der Waals surface area contributed by atoms with E-state index in [1.54, 1.807) is 11.1 Å². The number of alkyl halides is 1. The van der Waals surface area contributed by atoms with Gasteiger partial charge in [0.05, 0.1) is 10.7 Å². The minimum Gasteiger partial charge on any atom is -0.478 e. The van der Waals surface area contributed by atoms with Crippen LogP contribution < -0.4 is 5.32 Å². The first-order valence-corrected chi connectivity index (χ1v) is 11.1. The molecule has 2 aromatic rings. The van der Waals surface area contributed by atoms with E-state index in [1.165, 1.54) is 18.2 Å². The Morgan fingerprint density at radius 2 is 1.77 bits per heavy atom. The van der Waals surface area contributed by atoms with Crippen molar-refractivity contribution in [1.82, 2.24) is 15.2 Å². The maximum Gasteiger partial charge on any atom is 0.328 e. The number of nitrogens with zero attached hydrogens (tertiary/aromatic N) is 2. The van der Waals surface area contributed by atoms with Crippen LogP contribution in [-0.2, 0) is 16.1 Å². The average Bonchev–Trinajstić information content (AvgIpc) is 2.81. The van der Waals surface area contributed by atoms with Crippen LogP contribution in [0.5, 0.6) is 0 Å². The molecule has 1 saturated heterocycles. The number of aliphatic carboxylic acids is 2. The van der Waals surface area contributed by atoms with Crippen LogP contribution in [0.1, 0.15) is 34.5 Å². The lowest BCUT2D eigenvalue weighted by Gasteiger charge is -2.36. The molecule has 1 aromatic carbocycles. The van der Waals surface area contributed by atoms with E-state index in [0.717, 1.165) is 11.3 Å². The molecule has 8 nitrogen and oxygen atoms in total. The number of piperidine rings is 1. The highest BCUT2D eigenvalue weighted by Crippen LogP contribution is 2.27. The molecular formula is C24H26ClF2N3O5. The first-order chi connectivity index (χ1) is 16.5. The van der Waals surface area contributed by atoms with Gasteiger partial charge in [-0.15, -0.1) is 0 Å². The molecule has 1 amide bonds. The molecule has 3 N–H and O–H groups in total. The van der Waals surface area contributed by atoms with Crippen molar-refractivity contribution in [2.75, 3.05) is 19.6 Å². The molecule has 0 unspecified atom stereocenters. The van der Waals surface area contributed by atoms with Crippen LogP contribution in [0.15, 0.2) is 48.7 Å². The quantitative estimate of drug-likeness (QED) is 0.487. The van der Waals surface area contributed by atoms with Crippen LogP contribution in [-0.4, -0.2) is 63.2 Å². The van der Waals surface area contributed by atoms with Gasteiger partial charge in [0.1, 0.15) is 11.5 Å². The van der Waals surface area contributed by atoms with Gasteiger partial charge in [-0.1, -0.05) is 17.7 Å². The molecule has 0 aliphatic carbocycles. The first-order valence-electron chi connectivity index (χ1n) is 10.7. The second kappa shape index (κ2) is 12.9. The number of rotatable bonds is 7. The maximum absolute atomic E-state index is 15.0. The number of pyridine rings is 1. The molecule has 1 aliphatic rings. The van der Waals surface area contributed by atoms with Crippen molar-refractivity contribution in [2.24, 2.45) is 0 Å². The third kappa shape index (κ3) is 9.42. The Kier molecular flexibility index (Phi) is 10.3. The van der Waals surface area contributed by atoms with Crippen molar-refractivity contribution in [2.45, 2.75) is 32.0 Å². The maximum atomic E-state index is 15.0. The number of hydrogen-bond acceptors (Lipinski definition) is 5. The fourth-order valence-electron chi connectivity index (χ4n) is 3.26. The summed E-state index contributed by atoms with van der Waals surface area (Å²) in [6.07, 6.45) is 3.41. The summed E-state index contributed by atoms with van der Waals surface area (Å²) < 4.78 is 28.3. The summed E-state index contributed by atoms with van der Waals surface area (Å²) in [7, 11) is 0. The van der Waals surface area contributed by atoms with Gasteiger partial charge in [0, 0.05) is 62.9 Å². The Balaban J connectivity index is 0.000000466. The molecule has 0 radical (unpaired) electrons. The van der Waals surface area contributed by atoms with Crippen molar-refractivity contribution in [3.8, 4) is 0 Å². The number of halogens is 3. The molecule has 35 heavy (non-hydrogen) atoms. The zero-order valence-electron chi connectivity index (χ0n) is 19.0. The van der Waals surface area contributed by atoms with Crippen LogP contribution in [0.25, 0.3) is 0 Å². The van der Waals surface area contributed by atoms with Gasteiger partial charge in [0.15, 0.2) is 0 Å². The Morgan fingerprint density at radius 1 is 1.14 bits per heavy atom. The molecule has 0 spiro atoms. The number of nitrogens with one attached hydrogen (secondary N) is 1. The number of aromatic nitrogens is 1. The van der Waals surface area contributed by atoms with E-state index in [-0.39, 0.29) is 30.3 Å². The lowest BCUT2D eigenvalue weighted by atomic mass is 9.92. The molecule has 1 aliphatic heterocycles. The van der Waals surface area contributed by atoms with Crippen molar-refractivity contribution < 1.29 is 33.4 Å². The third-order valence-electron chi connectivity index (χ3n) is 5.20. The number of likely N-dealkylation sites (tertiary alicyclic amines) is 1. The van der Waals surface area contributed by atoms with Gasteiger partial charge < -0.3 is 20.4 Å². The van der Waals surface area contributed by atoms with E-state index in [2.05, 4.69) is 10.3 Å². The van der Waals surface area contributed by atoms with Gasteiger partial charge in [0.2, 0.25) is 0 Å². The van der Waals surface area contributed by atoms with Gasteiger partial charge in [0.25, 0.3) is 5.91 Å². The predicted octanol–water partition coefficient (Wildman–Crippen LogP) is 3.63. The highest BCUT2D eigenvalue weighted by atomic mass is 35.5. The molecule has 0 atom stereocenters. The van der Waals surface area contributed by atoms with Gasteiger partial charge in [-0.05, 0) is 36.8 Å². The van der Waals surface area contributed by atoms with Crippen molar-refractivity contribution in [3.63, 3.8) is 0 Å². The lowest BCUT2D eigenvalue weighted by Crippen LogP contribution is -2.48. The van der Waals surface area contributed by atoms with E-state index in [4.69, 9.17) is 21.8 Å². The monoisotopic (exact) mass is 509 g/mol. The molecule has 0 saturated carbocycles. The summed E-state index contributed by atoms with van der Waals surface area (Å²) in [6, 6.07) is 7.77. The van der Waals surface area contributed by atoms with Crippen LogP contribution >= 0.6 is 11.6 Å². The summed E-state index contributed by atoms with van der Waals surface area (Å²) >= 11 is 5.74. The topological polar surface area (TPSA) is 120 Å². The Morgan fingerprint density at radius 3 is 2.29 bits per heavy atom. The largest absolute Gasteiger partial charge is 0.478 e. The summed E-state index contributed by atoms with van der Waals surface area (Å²) in [5.74, 6) is -3.33. The number of hydrogen-bond donors (Lipinski definition) is 3. The molecule has 11 heteroatoms. The number of amides is 1. The SMILES string of the molecule is Cc1ccc(CNCC2(F)CCN(C(=O)c3ccc(F)c(Cl)c3)CC2)nc1.O=C(O)/C=C/C(=O)O. The van der Waals surface area contributed by atoms with E-state index < -0.39 is 23.4 Å². The average molecular weight is 510 g/mol. The normalized spacial score (nSPS) is 14.8. The zero-order valence-corrected chi connectivity index (χ0v) is 19.8. The first kappa shape index (κ1) is 27.9. The van der Waals surface area contributed by atoms with Gasteiger partial charge in [-0.2, -0.15) is 0 Å². The molecule has 0 bridgehead atoms.